The Balaban J connectivity index is 1.93. The van der Waals surface area contributed by atoms with Crippen LogP contribution < -0.4 is 5.32 Å². The molecule has 0 atom stereocenters. The zero-order valence-corrected chi connectivity index (χ0v) is 10.7. The van der Waals surface area contributed by atoms with Crippen LogP contribution >= 0.6 is 0 Å². The molecule has 0 saturated heterocycles. The molecule has 0 radical (unpaired) electrons. The number of carbonyl (C=O) groups is 1. The molecule has 0 aliphatic carbocycles. The van der Waals surface area contributed by atoms with Crippen LogP contribution in [0.1, 0.15) is 10.4 Å². The van der Waals surface area contributed by atoms with Crippen LogP contribution in [0.15, 0.2) is 48.7 Å². The van der Waals surface area contributed by atoms with Crippen molar-refractivity contribution in [2.24, 2.45) is 0 Å². The van der Waals surface area contributed by atoms with E-state index in [1.807, 2.05) is 24.3 Å². The molecule has 3 rings (SSSR count). The van der Waals surface area contributed by atoms with Gasteiger partial charge in [0.25, 0.3) is 0 Å². The van der Waals surface area contributed by atoms with Crippen LogP contribution in [-0.2, 0) is 0 Å². The Hall–Kier alpha value is -3.02. The molecule has 0 unspecified atom stereocenters. The summed E-state index contributed by atoms with van der Waals surface area (Å²) in [5.74, 6) is -1.61. The second-order valence-electron chi connectivity index (χ2n) is 4.38. The number of fused-ring (bicyclic) bond motifs is 1. The van der Waals surface area contributed by atoms with E-state index in [4.69, 9.17) is 5.11 Å². The highest BCUT2D eigenvalue weighted by atomic mass is 19.1. The Morgan fingerprint density at radius 2 is 2.00 bits per heavy atom. The van der Waals surface area contributed by atoms with Crippen molar-refractivity contribution in [1.29, 1.82) is 0 Å². The van der Waals surface area contributed by atoms with Crippen molar-refractivity contribution in [3.8, 4) is 0 Å². The van der Waals surface area contributed by atoms with Crippen LogP contribution in [0.2, 0.25) is 0 Å². The predicted octanol–water partition coefficient (Wildman–Crippen LogP) is 3.21. The molecule has 0 aliphatic heterocycles. The van der Waals surface area contributed by atoms with E-state index in [0.29, 0.717) is 0 Å². The molecule has 0 aliphatic rings. The number of rotatable bonds is 3. The standard InChI is InChI=1S/C15H10FN3O2/c16-11-7-9(14(20)21)5-6-13(11)19-15-17-8-10-3-1-2-4-12(10)18-15/h1-8H,(H,20,21)(H,17,18,19). The van der Waals surface area contributed by atoms with Gasteiger partial charge in [0.15, 0.2) is 0 Å². The average Bonchev–Trinajstić information content (AvgIpc) is 2.49. The van der Waals surface area contributed by atoms with Crippen molar-refractivity contribution < 1.29 is 14.3 Å². The fourth-order valence-corrected chi connectivity index (χ4v) is 1.90. The first-order valence-electron chi connectivity index (χ1n) is 6.15. The molecule has 1 aromatic heterocycles. The molecule has 3 aromatic rings. The lowest BCUT2D eigenvalue weighted by atomic mass is 10.2. The first-order chi connectivity index (χ1) is 10.1. The molecule has 0 amide bonds. The summed E-state index contributed by atoms with van der Waals surface area (Å²) >= 11 is 0. The van der Waals surface area contributed by atoms with E-state index in [9.17, 15) is 9.18 Å². The first-order valence-corrected chi connectivity index (χ1v) is 6.15. The third-order valence-electron chi connectivity index (χ3n) is 2.95. The number of halogens is 1. The number of para-hydroxylation sites is 1. The largest absolute Gasteiger partial charge is 0.478 e. The van der Waals surface area contributed by atoms with Gasteiger partial charge in [0.1, 0.15) is 5.82 Å². The Morgan fingerprint density at radius 1 is 1.19 bits per heavy atom. The summed E-state index contributed by atoms with van der Waals surface area (Å²) in [6.45, 7) is 0. The minimum atomic E-state index is -1.18. The van der Waals surface area contributed by atoms with E-state index in [2.05, 4.69) is 15.3 Å². The van der Waals surface area contributed by atoms with E-state index in [1.54, 1.807) is 6.20 Å². The zero-order chi connectivity index (χ0) is 14.8. The molecule has 0 fully saturated rings. The van der Waals surface area contributed by atoms with Crippen molar-refractivity contribution >= 4 is 28.5 Å². The van der Waals surface area contributed by atoms with Gasteiger partial charge in [-0.3, -0.25) is 0 Å². The van der Waals surface area contributed by atoms with Gasteiger partial charge in [-0.25, -0.2) is 19.2 Å². The normalized spacial score (nSPS) is 10.5. The molecular formula is C15H10FN3O2. The van der Waals surface area contributed by atoms with Crippen LogP contribution in [0.5, 0.6) is 0 Å². The predicted molar refractivity (Wildman–Crippen MR) is 76.2 cm³/mol. The summed E-state index contributed by atoms with van der Waals surface area (Å²) < 4.78 is 13.8. The van der Waals surface area contributed by atoms with Crippen LogP contribution in [-0.4, -0.2) is 21.0 Å². The zero-order valence-electron chi connectivity index (χ0n) is 10.7. The Labute approximate surface area is 119 Å². The molecule has 6 heteroatoms. The fourth-order valence-electron chi connectivity index (χ4n) is 1.90. The first kappa shape index (κ1) is 13.0. The number of carboxylic acid groups (broad SMARTS) is 1. The van der Waals surface area contributed by atoms with E-state index in [0.717, 1.165) is 17.0 Å². The quantitative estimate of drug-likeness (QED) is 0.772. The highest BCUT2D eigenvalue weighted by Crippen LogP contribution is 2.20. The lowest BCUT2D eigenvalue weighted by Gasteiger charge is -2.07. The number of benzene rings is 2. The van der Waals surface area contributed by atoms with Gasteiger partial charge in [-0.05, 0) is 24.3 Å². The van der Waals surface area contributed by atoms with Crippen molar-refractivity contribution in [2.75, 3.05) is 5.32 Å². The van der Waals surface area contributed by atoms with E-state index in [1.165, 1.54) is 12.1 Å². The average molecular weight is 283 g/mol. The van der Waals surface area contributed by atoms with Gasteiger partial charge in [-0.15, -0.1) is 0 Å². The maximum absolute atomic E-state index is 13.8. The third-order valence-corrected chi connectivity index (χ3v) is 2.95. The van der Waals surface area contributed by atoms with Crippen molar-refractivity contribution in [3.63, 3.8) is 0 Å². The maximum Gasteiger partial charge on any atom is 0.335 e. The van der Waals surface area contributed by atoms with E-state index >= 15 is 0 Å². The molecule has 0 bridgehead atoms. The number of aromatic nitrogens is 2. The lowest BCUT2D eigenvalue weighted by molar-refractivity contribution is 0.0696. The molecule has 104 valence electrons. The third kappa shape index (κ3) is 2.64. The number of carboxylic acids is 1. The van der Waals surface area contributed by atoms with Crippen molar-refractivity contribution in [3.05, 3.63) is 60.0 Å². The number of nitrogens with one attached hydrogen (secondary N) is 1. The topological polar surface area (TPSA) is 75.1 Å². The highest BCUT2D eigenvalue weighted by Gasteiger charge is 2.09. The molecule has 2 aromatic carbocycles. The summed E-state index contributed by atoms with van der Waals surface area (Å²) in [6, 6.07) is 11.0. The smallest absolute Gasteiger partial charge is 0.335 e. The van der Waals surface area contributed by atoms with Gasteiger partial charge >= 0.3 is 5.97 Å². The van der Waals surface area contributed by atoms with Crippen LogP contribution in [0.4, 0.5) is 16.0 Å². The van der Waals surface area contributed by atoms with Crippen molar-refractivity contribution in [2.45, 2.75) is 0 Å². The molecule has 0 saturated carbocycles. The minimum Gasteiger partial charge on any atom is -0.478 e. The molecular weight excluding hydrogens is 273 g/mol. The summed E-state index contributed by atoms with van der Waals surface area (Å²) in [5, 5.41) is 12.4. The van der Waals surface area contributed by atoms with E-state index < -0.39 is 11.8 Å². The van der Waals surface area contributed by atoms with Gasteiger partial charge < -0.3 is 10.4 Å². The number of hydrogen-bond acceptors (Lipinski definition) is 4. The lowest BCUT2D eigenvalue weighted by Crippen LogP contribution is -2.02. The minimum absolute atomic E-state index is 0.113. The summed E-state index contributed by atoms with van der Waals surface area (Å²) in [6.07, 6.45) is 1.63. The van der Waals surface area contributed by atoms with Gasteiger partial charge in [-0.2, -0.15) is 0 Å². The van der Waals surface area contributed by atoms with Gasteiger partial charge in [0.05, 0.1) is 16.8 Å². The molecule has 2 N–H and O–H groups in total. The van der Waals surface area contributed by atoms with Gasteiger partial charge in [0.2, 0.25) is 5.95 Å². The van der Waals surface area contributed by atoms with Crippen molar-refractivity contribution in [1.82, 2.24) is 9.97 Å². The number of anilines is 2. The number of hydrogen-bond donors (Lipinski definition) is 2. The highest BCUT2D eigenvalue weighted by molar-refractivity contribution is 5.88. The maximum atomic E-state index is 13.8. The van der Waals surface area contributed by atoms with Gasteiger partial charge in [-0.1, -0.05) is 18.2 Å². The van der Waals surface area contributed by atoms with Crippen LogP contribution in [0.25, 0.3) is 10.9 Å². The Kier molecular flexibility index (Phi) is 3.19. The Bertz CT molecular complexity index is 836. The second-order valence-corrected chi connectivity index (χ2v) is 4.38. The fraction of sp³-hybridized carbons (Fsp3) is 0. The second kappa shape index (κ2) is 5.16. The number of nitrogens with zero attached hydrogens (tertiary/aromatic N) is 2. The summed E-state index contributed by atoms with van der Waals surface area (Å²) in [5.41, 5.74) is 0.741. The number of aromatic carboxylic acids is 1. The van der Waals surface area contributed by atoms with Gasteiger partial charge in [0, 0.05) is 11.6 Å². The van der Waals surface area contributed by atoms with Crippen LogP contribution in [0.3, 0.4) is 0 Å². The van der Waals surface area contributed by atoms with E-state index in [-0.39, 0.29) is 17.2 Å². The Morgan fingerprint density at radius 3 is 2.76 bits per heavy atom. The summed E-state index contributed by atoms with van der Waals surface area (Å²) in [4.78, 5) is 19.1. The molecule has 21 heavy (non-hydrogen) atoms. The van der Waals surface area contributed by atoms with Crippen LogP contribution in [0, 0.1) is 5.82 Å². The molecule has 1 heterocycles. The SMILES string of the molecule is O=C(O)c1ccc(Nc2ncc3ccccc3n2)c(F)c1. The summed E-state index contributed by atoms with van der Waals surface area (Å²) in [7, 11) is 0. The molecule has 5 nitrogen and oxygen atoms in total. The monoisotopic (exact) mass is 283 g/mol. The molecule has 0 spiro atoms.